The maximum Gasteiger partial charge on any atom is 0.388 e. The van der Waals surface area contributed by atoms with Crippen LogP contribution in [0.4, 0.5) is 8.78 Å². The lowest BCUT2D eigenvalue weighted by Crippen LogP contribution is -2.11. The van der Waals surface area contributed by atoms with E-state index in [9.17, 15) is 13.6 Å². The van der Waals surface area contributed by atoms with E-state index in [4.69, 9.17) is 26.7 Å². The van der Waals surface area contributed by atoms with Gasteiger partial charge < -0.3 is 14.6 Å². The van der Waals surface area contributed by atoms with Crippen molar-refractivity contribution < 1.29 is 28.2 Å². The second kappa shape index (κ2) is 8.93. The van der Waals surface area contributed by atoms with E-state index >= 15 is 0 Å². The van der Waals surface area contributed by atoms with Gasteiger partial charge in [0.15, 0.2) is 6.61 Å². The van der Waals surface area contributed by atoms with Gasteiger partial charge in [-0.05, 0) is 42.3 Å². The van der Waals surface area contributed by atoms with Crippen LogP contribution in [0, 0.1) is 18.3 Å². The Bertz CT molecular complexity index is 1140. The number of carboxylic acid groups (broad SMARTS) is 1. The highest BCUT2D eigenvalue weighted by Gasteiger charge is 2.21. The summed E-state index contributed by atoms with van der Waals surface area (Å²) in [5.41, 5.74) is 2.26. The van der Waals surface area contributed by atoms with Crippen molar-refractivity contribution in [2.45, 2.75) is 20.0 Å². The summed E-state index contributed by atoms with van der Waals surface area (Å²) in [7, 11) is 0. The van der Waals surface area contributed by atoms with Gasteiger partial charge in [-0.2, -0.15) is 14.0 Å². The summed E-state index contributed by atoms with van der Waals surface area (Å²) in [4.78, 5) is 15.1. The molecule has 0 atom stereocenters. The van der Waals surface area contributed by atoms with E-state index < -0.39 is 19.2 Å². The number of halogens is 3. The normalized spacial score (nSPS) is 10.8. The van der Waals surface area contributed by atoms with Gasteiger partial charge in [-0.15, -0.1) is 0 Å². The number of rotatable bonds is 7. The van der Waals surface area contributed by atoms with Crippen molar-refractivity contribution in [3.63, 3.8) is 0 Å². The lowest BCUT2D eigenvalue weighted by Gasteiger charge is -2.18. The number of carbonyl (C=O) groups is 1. The van der Waals surface area contributed by atoms with Gasteiger partial charge in [0.2, 0.25) is 5.88 Å². The van der Waals surface area contributed by atoms with Crippen LogP contribution in [0.1, 0.15) is 22.3 Å². The first-order valence-electron chi connectivity index (χ1n) is 8.70. The first-order chi connectivity index (χ1) is 14.3. The molecule has 0 radical (unpaired) electrons. The number of aliphatic carboxylic acids is 1. The number of nitrogens with zero attached hydrogens (tertiary/aromatic N) is 2. The molecule has 0 saturated heterocycles. The van der Waals surface area contributed by atoms with Gasteiger partial charge in [-0.25, -0.2) is 9.78 Å². The van der Waals surface area contributed by atoms with Crippen molar-refractivity contribution in [1.82, 2.24) is 4.98 Å². The zero-order chi connectivity index (χ0) is 21.8. The van der Waals surface area contributed by atoms with Gasteiger partial charge in [0.05, 0.1) is 22.2 Å². The van der Waals surface area contributed by atoms with Gasteiger partial charge in [0, 0.05) is 17.4 Å². The summed E-state index contributed by atoms with van der Waals surface area (Å²) >= 11 is 6.21. The van der Waals surface area contributed by atoms with Crippen LogP contribution < -0.4 is 9.47 Å². The van der Waals surface area contributed by atoms with Crippen LogP contribution in [0.25, 0.3) is 10.9 Å². The number of nitriles is 1. The van der Waals surface area contributed by atoms with Crippen LogP contribution >= 0.6 is 11.6 Å². The van der Waals surface area contributed by atoms with Crippen LogP contribution in [-0.2, 0) is 11.2 Å². The average Bonchev–Trinajstić information content (AvgIpc) is 2.70. The molecule has 1 aromatic heterocycles. The van der Waals surface area contributed by atoms with E-state index in [2.05, 4.69) is 9.72 Å². The Morgan fingerprint density at radius 2 is 1.97 bits per heavy atom. The van der Waals surface area contributed by atoms with Gasteiger partial charge in [-0.1, -0.05) is 23.7 Å². The van der Waals surface area contributed by atoms with Crippen LogP contribution in [0.3, 0.4) is 0 Å². The molecule has 0 aliphatic rings. The molecule has 0 saturated carbocycles. The zero-order valence-corrected chi connectivity index (χ0v) is 16.4. The fourth-order valence-electron chi connectivity index (χ4n) is 3.05. The van der Waals surface area contributed by atoms with Gasteiger partial charge in [-0.3, -0.25) is 0 Å². The molecule has 0 amide bonds. The number of pyridine rings is 1. The van der Waals surface area contributed by atoms with E-state index in [1.54, 1.807) is 31.2 Å². The Labute approximate surface area is 175 Å². The first-order valence-corrected chi connectivity index (χ1v) is 9.08. The second-order valence-corrected chi connectivity index (χ2v) is 6.74. The van der Waals surface area contributed by atoms with Crippen LogP contribution in [-0.4, -0.2) is 29.3 Å². The molecule has 6 nitrogen and oxygen atoms in total. The molecule has 2 aromatic carbocycles. The minimum Gasteiger partial charge on any atom is -0.481 e. The highest BCUT2D eigenvalue weighted by Crippen LogP contribution is 2.38. The summed E-state index contributed by atoms with van der Waals surface area (Å²) in [6, 6.07) is 11.6. The van der Waals surface area contributed by atoms with Crippen molar-refractivity contribution in [2.24, 2.45) is 0 Å². The van der Waals surface area contributed by atoms with E-state index in [1.807, 2.05) is 6.07 Å². The van der Waals surface area contributed by atoms with Crippen LogP contribution in [0.2, 0.25) is 5.02 Å². The van der Waals surface area contributed by atoms with Crippen LogP contribution in [0.5, 0.6) is 11.6 Å². The summed E-state index contributed by atoms with van der Waals surface area (Å²) in [6.07, 6.45) is 0.188. The smallest absolute Gasteiger partial charge is 0.388 e. The van der Waals surface area contributed by atoms with E-state index in [0.29, 0.717) is 22.1 Å². The molecule has 1 N–H and O–H groups in total. The molecule has 9 heteroatoms. The number of hydrogen-bond donors (Lipinski definition) is 1. The maximum atomic E-state index is 13.0. The zero-order valence-electron chi connectivity index (χ0n) is 15.7. The third-order valence-corrected chi connectivity index (χ3v) is 4.71. The third-order valence-electron chi connectivity index (χ3n) is 4.41. The number of benzene rings is 2. The van der Waals surface area contributed by atoms with Crippen molar-refractivity contribution in [3.8, 4) is 17.7 Å². The van der Waals surface area contributed by atoms with Crippen molar-refractivity contribution >= 4 is 28.5 Å². The summed E-state index contributed by atoms with van der Waals surface area (Å²) < 4.78 is 36.1. The predicted octanol–water partition coefficient (Wildman–Crippen LogP) is 4.72. The predicted molar refractivity (Wildman–Crippen MR) is 105 cm³/mol. The standard InChI is InChI=1S/C21H15ClF2N2O4/c1-11-14(8-12-2-4-13(9-25)5-3-12)20(30-21(23)24)26-19-15(22)6-7-16(18(11)19)29-10-17(27)28/h2-7,21H,8,10H2,1H3,(H,27,28). The number of alkyl halides is 2. The summed E-state index contributed by atoms with van der Waals surface area (Å²) in [5.74, 6) is -1.23. The monoisotopic (exact) mass is 432 g/mol. The topological polar surface area (TPSA) is 92.4 Å². The molecular weight excluding hydrogens is 418 g/mol. The molecule has 1 heterocycles. The number of fused-ring (bicyclic) bond motifs is 1. The molecular formula is C21H15ClF2N2O4. The average molecular weight is 433 g/mol. The van der Waals surface area contributed by atoms with Gasteiger partial charge >= 0.3 is 12.6 Å². The van der Waals surface area contributed by atoms with E-state index in [-0.39, 0.29) is 28.6 Å². The van der Waals surface area contributed by atoms with Gasteiger partial charge in [0.1, 0.15) is 5.75 Å². The lowest BCUT2D eigenvalue weighted by atomic mass is 9.97. The number of hydrogen-bond acceptors (Lipinski definition) is 5. The number of aromatic nitrogens is 1. The Morgan fingerprint density at radius 1 is 1.27 bits per heavy atom. The molecule has 30 heavy (non-hydrogen) atoms. The number of ether oxygens (including phenoxy) is 2. The van der Waals surface area contributed by atoms with Crippen molar-refractivity contribution in [2.75, 3.05) is 6.61 Å². The Kier molecular flexibility index (Phi) is 6.33. The maximum absolute atomic E-state index is 13.0. The molecule has 154 valence electrons. The Hall–Kier alpha value is -3.44. The summed E-state index contributed by atoms with van der Waals surface area (Å²) in [5, 5.41) is 18.4. The number of aryl methyl sites for hydroxylation is 1. The fourth-order valence-corrected chi connectivity index (χ4v) is 3.25. The van der Waals surface area contributed by atoms with E-state index in [1.165, 1.54) is 12.1 Å². The molecule has 0 bridgehead atoms. The fraction of sp³-hybridized carbons (Fsp3) is 0.190. The lowest BCUT2D eigenvalue weighted by molar-refractivity contribution is -0.139. The third kappa shape index (κ3) is 4.58. The SMILES string of the molecule is Cc1c(Cc2ccc(C#N)cc2)c(OC(F)F)nc2c(Cl)ccc(OCC(=O)O)c12. The Morgan fingerprint density at radius 3 is 2.57 bits per heavy atom. The van der Waals surface area contributed by atoms with Gasteiger partial charge in [0.25, 0.3) is 0 Å². The minimum atomic E-state index is -3.10. The quantitative estimate of drug-likeness (QED) is 0.580. The number of carboxylic acids is 1. The molecule has 0 aliphatic carbocycles. The molecule has 0 fully saturated rings. The van der Waals surface area contributed by atoms with Crippen molar-refractivity contribution in [3.05, 3.63) is 63.7 Å². The molecule has 3 rings (SSSR count). The largest absolute Gasteiger partial charge is 0.481 e. The van der Waals surface area contributed by atoms with Crippen molar-refractivity contribution in [1.29, 1.82) is 5.26 Å². The molecule has 0 unspecified atom stereocenters. The highest BCUT2D eigenvalue weighted by molar-refractivity contribution is 6.35. The molecule has 0 spiro atoms. The van der Waals surface area contributed by atoms with E-state index in [0.717, 1.165) is 5.56 Å². The molecule has 0 aliphatic heterocycles. The highest BCUT2D eigenvalue weighted by atomic mass is 35.5. The Balaban J connectivity index is 2.18. The first kappa shape index (κ1) is 21.3. The second-order valence-electron chi connectivity index (χ2n) is 6.34. The van der Waals surface area contributed by atoms with Crippen LogP contribution in [0.15, 0.2) is 36.4 Å². The molecule has 3 aromatic rings. The minimum absolute atomic E-state index is 0.163. The summed E-state index contributed by atoms with van der Waals surface area (Å²) in [6.45, 7) is -2.01.